The Kier molecular flexibility index (Phi) is 6.98. The number of carbonyl (C=O) groups excluding carboxylic acids is 1. The first-order chi connectivity index (χ1) is 16.4. The molecule has 10 heteroatoms. The van der Waals surface area contributed by atoms with Crippen molar-refractivity contribution in [1.29, 1.82) is 0 Å². The molecule has 0 bridgehead atoms. The Morgan fingerprint density at radius 1 is 1.15 bits per heavy atom. The third-order valence-electron chi connectivity index (χ3n) is 4.92. The molecule has 1 heterocycles. The number of thioether (sulfide) groups is 1. The van der Waals surface area contributed by atoms with Crippen LogP contribution < -0.4 is 20.1 Å². The van der Waals surface area contributed by atoms with Gasteiger partial charge in [0.15, 0.2) is 17.0 Å². The molecule has 0 saturated carbocycles. The van der Waals surface area contributed by atoms with E-state index in [0.29, 0.717) is 22.1 Å². The molecule has 4 rings (SSSR count). The number of nitro benzene ring substituents is 1. The number of nitrogens with zero attached hydrogens (tertiary/aromatic N) is 1. The van der Waals surface area contributed by atoms with E-state index >= 15 is 0 Å². The molecule has 174 valence electrons. The molecule has 2 N–H and O–H groups in total. The quantitative estimate of drug-likeness (QED) is 0.267. The first-order valence-corrected chi connectivity index (χ1v) is 11.1. The second kappa shape index (κ2) is 10.3. The summed E-state index contributed by atoms with van der Waals surface area (Å²) in [6.07, 6.45) is 1.71. The van der Waals surface area contributed by atoms with E-state index in [-0.39, 0.29) is 18.2 Å². The SMILES string of the molecule is COc1cc(/C=C2\SC(Nc3ccccc3F)NC2=O)ccc1OCc1ccc([N+](=O)[O-])cc1. The van der Waals surface area contributed by atoms with Crippen molar-refractivity contribution in [3.05, 3.63) is 98.7 Å². The fourth-order valence-corrected chi connectivity index (χ4v) is 4.18. The summed E-state index contributed by atoms with van der Waals surface area (Å²) in [7, 11) is 1.51. The van der Waals surface area contributed by atoms with Crippen molar-refractivity contribution in [2.45, 2.75) is 12.1 Å². The predicted molar refractivity (Wildman–Crippen MR) is 128 cm³/mol. The lowest BCUT2D eigenvalue weighted by Crippen LogP contribution is -2.31. The lowest BCUT2D eigenvalue weighted by atomic mass is 10.2. The van der Waals surface area contributed by atoms with Crippen LogP contribution in [0.1, 0.15) is 11.1 Å². The summed E-state index contributed by atoms with van der Waals surface area (Å²) in [6.45, 7) is 0.205. The molecule has 1 aliphatic rings. The highest BCUT2D eigenvalue weighted by Gasteiger charge is 2.27. The van der Waals surface area contributed by atoms with Gasteiger partial charge >= 0.3 is 0 Å². The summed E-state index contributed by atoms with van der Waals surface area (Å²) in [4.78, 5) is 23.2. The van der Waals surface area contributed by atoms with Gasteiger partial charge in [0.05, 0.1) is 22.6 Å². The number of anilines is 1. The van der Waals surface area contributed by atoms with Crippen LogP contribution in [0.25, 0.3) is 6.08 Å². The van der Waals surface area contributed by atoms with Crippen LogP contribution >= 0.6 is 11.8 Å². The van der Waals surface area contributed by atoms with Crippen LogP contribution in [0.2, 0.25) is 0 Å². The first-order valence-electron chi connectivity index (χ1n) is 10.2. The number of nitro groups is 1. The second-order valence-electron chi connectivity index (χ2n) is 7.23. The molecule has 1 amide bonds. The van der Waals surface area contributed by atoms with Gasteiger partial charge in [0.25, 0.3) is 11.6 Å². The highest BCUT2D eigenvalue weighted by atomic mass is 32.2. The molecule has 1 unspecified atom stereocenters. The van der Waals surface area contributed by atoms with E-state index in [1.54, 1.807) is 54.6 Å². The van der Waals surface area contributed by atoms with Crippen LogP contribution in [-0.2, 0) is 11.4 Å². The van der Waals surface area contributed by atoms with Crippen LogP contribution in [-0.4, -0.2) is 23.4 Å². The largest absolute Gasteiger partial charge is 0.493 e. The predicted octanol–water partition coefficient (Wildman–Crippen LogP) is 4.92. The smallest absolute Gasteiger partial charge is 0.269 e. The van der Waals surface area contributed by atoms with E-state index in [2.05, 4.69) is 10.6 Å². The van der Waals surface area contributed by atoms with E-state index in [1.807, 2.05) is 0 Å². The van der Waals surface area contributed by atoms with Crippen molar-refractivity contribution < 1.29 is 23.6 Å². The van der Waals surface area contributed by atoms with Crippen molar-refractivity contribution in [2.24, 2.45) is 0 Å². The van der Waals surface area contributed by atoms with E-state index < -0.39 is 16.2 Å². The van der Waals surface area contributed by atoms with Crippen molar-refractivity contribution in [3.63, 3.8) is 0 Å². The number of para-hydroxylation sites is 1. The zero-order valence-electron chi connectivity index (χ0n) is 18.0. The Morgan fingerprint density at radius 3 is 2.62 bits per heavy atom. The number of benzene rings is 3. The first kappa shape index (κ1) is 23.1. The number of carbonyl (C=O) groups is 1. The van der Waals surface area contributed by atoms with Crippen LogP contribution in [0.15, 0.2) is 71.6 Å². The number of hydrogen-bond acceptors (Lipinski definition) is 7. The molecule has 1 aliphatic heterocycles. The number of halogens is 1. The normalized spacial score (nSPS) is 16.2. The summed E-state index contributed by atoms with van der Waals surface area (Å²) < 4.78 is 25.1. The molecule has 3 aromatic carbocycles. The molecular weight excluding hydrogens is 461 g/mol. The van der Waals surface area contributed by atoms with Gasteiger partial charge in [0.1, 0.15) is 12.4 Å². The van der Waals surface area contributed by atoms with Crippen molar-refractivity contribution in [1.82, 2.24) is 5.32 Å². The van der Waals surface area contributed by atoms with Crippen molar-refractivity contribution in [2.75, 3.05) is 12.4 Å². The van der Waals surface area contributed by atoms with Gasteiger partial charge in [-0.05, 0) is 53.6 Å². The van der Waals surface area contributed by atoms with Gasteiger partial charge in [-0.25, -0.2) is 4.39 Å². The molecule has 0 aromatic heterocycles. The monoisotopic (exact) mass is 481 g/mol. The molecule has 34 heavy (non-hydrogen) atoms. The lowest BCUT2D eigenvalue weighted by Gasteiger charge is -2.13. The average molecular weight is 482 g/mol. The molecule has 1 fully saturated rings. The van der Waals surface area contributed by atoms with Crippen LogP contribution in [0.3, 0.4) is 0 Å². The Morgan fingerprint density at radius 2 is 1.91 bits per heavy atom. The van der Waals surface area contributed by atoms with Gasteiger partial charge in [-0.2, -0.15) is 0 Å². The zero-order chi connectivity index (χ0) is 24.1. The Bertz CT molecular complexity index is 1250. The third kappa shape index (κ3) is 5.46. The zero-order valence-corrected chi connectivity index (χ0v) is 18.8. The maximum Gasteiger partial charge on any atom is 0.269 e. The number of amides is 1. The summed E-state index contributed by atoms with van der Waals surface area (Å²) in [5.74, 6) is 0.298. The van der Waals surface area contributed by atoms with Gasteiger partial charge in [0.2, 0.25) is 0 Å². The van der Waals surface area contributed by atoms with Crippen LogP contribution in [0.4, 0.5) is 15.8 Å². The third-order valence-corrected chi connectivity index (χ3v) is 5.95. The Hall–Kier alpha value is -4.05. The Labute approximate surface area is 198 Å². The van der Waals surface area contributed by atoms with E-state index in [1.165, 1.54) is 37.1 Å². The highest BCUT2D eigenvalue weighted by Crippen LogP contribution is 2.34. The van der Waals surface area contributed by atoms with Gasteiger partial charge < -0.3 is 20.1 Å². The number of hydrogen-bond donors (Lipinski definition) is 2. The summed E-state index contributed by atoms with van der Waals surface area (Å²) in [6, 6.07) is 17.6. The van der Waals surface area contributed by atoms with Gasteiger partial charge in [-0.3, -0.25) is 14.9 Å². The molecule has 0 spiro atoms. The molecule has 0 radical (unpaired) electrons. The molecule has 0 aliphatic carbocycles. The fourth-order valence-electron chi connectivity index (χ4n) is 3.20. The fraction of sp³-hybridized carbons (Fsp3) is 0.125. The highest BCUT2D eigenvalue weighted by molar-refractivity contribution is 8.05. The maximum atomic E-state index is 13.9. The second-order valence-corrected chi connectivity index (χ2v) is 8.37. The van der Waals surface area contributed by atoms with Gasteiger partial charge in [-0.1, -0.05) is 30.0 Å². The summed E-state index contributed by atoms with van der Waals surface area (Å²) in [5, 5.41) is 16.5. The van der Waals surface area contributed by atoms with Crippen molar-refractivity contribution >= 4 is 35.1 Å². The van der Waals surface area contributed by atoms with Gasteiger partial charge in [0, 0.05) is 12.1 Å². The summed E-state index contributed by atoms with van der Waals surface area (Å²) in [5.41, 5.74) is 1.31. The number of non-ortho nitro benzene ring substituents is 1. The minimum absolute atomic E-state index is 0.0129. The number of ether oxygens (including phenoxy) is 2. The lowest BCUT2D eigenvalue weighted by molar-refractivity contribution is -0.384. The average Bonchev–Trinajstić information content (AvgIpc) is 3.18. The van der Waals surface area contributed by atoms with E-state index in [9.17, 15) is 19.3 Å². The molecule has 8 nitrogen and oxygen atoms in total. The van der Waals surface area contributed by atoms with Crippen molar-refractivity contribution in [3.8, 4) is 11.5 Å². The number of methoxy groups -OCH3 is 1. The number of rotatable bonds is 8. The number of nitrogens with one attached hydrogen (secondary N) is 2. The van der Waals surface area contributed by atoms with Crippen LogP contribution in [0, 0.1) is 15.9 Å². The van der Waals surface area contributed by atoms with E-state index in [0.717, 1.165) is 11.1 Å². The molecule has 1 saturated heterocycles. The van der Waals surface area contributed by atoms with Crippen LogP contribution in [0.5, 0.6) is 11.5 Å². The van der Waals surface area contributed by atoms with E-state index in [4.69, 9.17) is 9.47 Å². The van der Waals surface area contributed by atoms with Gasteiger partial charge in [-0.15, -0.1) is 0 Å². The topological polar surface area (TPSA) is 103 Å². The maximum absolute atomic E-state index is 13.9. The minimum atomic E-state index is -0.498. The Balaban J connectivity index is 1.43. The standard InChI is InChI=1S/C24H20FN3O5S/c1-32-21-12-16(8-11-20(21)33-14-15-6-9-17(10-7-15)28(30)31)13-22-23(29)27-24(34-22)26-19-5-3-2-4-18(19)25/h2-13,24,26H,14H2,1H3,(H,27,29)/b22-13-. The molecular formula is C24H20FN3O5S. The summed E-state index contributed by atoms with van der Waals surface area (Å²) >= 11 is 1.25. The molecule has 3 aromatic rings. The molecule has 1 atom stereocenters. The minimum Gasteiger partial charge on any atom is -0.493 e.